The minimum Gasteiger partial charge on any atom is -0.265 e. The van der Waals surface area contributed by atoms with Crippen molar-refractivity contribution in [1.82, 2.24) is 0 Å². The lowest BCUT2D eigenvalue weighted by molar-refractivity contribution is -0.395. The van der Waals surface area contributed by atoms with Crippen LogP contribution in [0.2, 0.25) is 0 Å². The Labute approximate surface area is 136 Å². The summed E-state index contributed by atoms with van der Waals surface area (Å²) in [7, 11) is -4.25. The Kier molecular flexibility index (Phi) is 5.21. The van der Waals surface area contributed by atoms with E-state index < -0.39 is 42.7 Å². The molecule has 0 unspecified atom stereocenters. The highest BCUT2D eigenvalue weighted by Crippen LogP contribution is 2.30. The topological polar surface area (TPSA) is 130 Å². The fourth-order valence-electron chi connectivity index (χ4n) is 2.00. The number of rotatable bonds is 7. The summed E-state index contributed by atoms with van der Waals surface area (Å²) in [5, 5.41) is 22.0. The van der Waals surface area contributed by atoms with Crippen LogP contribution in [0.1, 0.15) is 11.1 Å². The van der Waals surface area contributed by atoms with Crippen LogP contribution < -0.4 is 0 Å². The molecule has 0 spiro atoms. The van der Waals surface area contributed by atoms with Crippen LogP contribution in [0.4, 0.5) is 11.4 Å². The van der Waals surface area contributed by atoms with Gasteiger partial charge >= 0.3 is 0 Å². The molecule has 0 bridgehead atoms. The van der Waals surface area contributed by atoms with Gasteiger partial charge in [-0.25, -0.2) is 0 Å². The third-order valence-electron chi connectivity index (χ3n) is 3.09. The van der Waals surface area contributed by atoms with Crippen molar-refractivity contribution in [3.05, 3.63) is 79.9 Å². The van der Waals surface area contributed by atoms with Crippen LogP contribution in [-0.2, 0) is 26.7 Å². The SMILES string of the molecule is O=[N+]([O-])c1cccc([N+](=O)[O-])c1CS(=O)(=O)OCc1ccccc1. The first-order chi connectivity index (χ1) is 11.3. The van der Waals surface area contributed by atoms with Crippen molar-refractivity contribution >= 4 is 21.5 Å². The van der Waals surface area contributed by atoms with Crippen LogP contribution in [-0.4, -0.2) is 18.3 Å². The van der Waals surface area contributed by atoms with Crippen LogP contribution in [0.15, 0.2) is 48.5 Å². The largest absolute Gasteiger partial charge is 0.280 e. The second kappa shape index (κ2) is 7.15. The highest BCUT2D eigenvalue weighted by atomic mass is 32.2. The molecule has 0 N–H and O–H groups in total. The van der Waals surface area contributed by atoms with Crippen molar-refractivity contribution < 1.29 is 22.4 Å². The lowest BCUT2D eigenvalue weighted by Crippen LogP contribution is -2.12. The summed E-state index contributed by atoms with van der Waals surface area (Å²) in [6, 6.07) is 11.6. The predicted octanol–water partition coefficient (Wildman–Crippen LogP) is 2.55. The fraction of sp³-hybridized carbons (Fsp3) is 0.143. The third kappa shape index (κ3) is 4.33. The quantitative estimate of drug-likeness (QED) is 0.425. The van der Waals surface area contributed by atoms with Gasteiger partial charge in [-0.05, 0) is 11.6 Å². The molecular formula is C14H12N2O7S. The van der Waals surface area contributed by atoms with Crippen LogP contribution in [0.25, 0.3) is 0 Å². The Hall–Kier alpha value is -2.85. The zero-order valence-corrected chi connectivity index (χ0v) is 13.0. The molecule has 0 aromatic heterocycles. The lowest BCUT2D eigenvalue weighted by atomic mass is 10.1. The number of hydrogen-bond acceptors (Lipinski definition) is 7. The monoisotopic (exact) mass is 352 g/mol. The second-order valence-electron chi connectivity index (χ2n) is 4.74. The van der Waals surface area contributed by atoms with Gasteiger partial charge in [0.15, 0.2) is 0 Å². The number of hydrogen-bond donors (Lipinski definition) is 0. The molecule has 2 rings (SSSR count). The summed E-state index contributed by atoms with van der Waals surface area (Å²) in [6.07, 6.45) is 0. The zero-order valence-electron chi connectivity index (χ0n) is 12.2. The highest BCUT2D eigenvalue weighted by Gasteiger charge is 2.29. The van der Waals surface area contributed by atoms with Gasteiger partial charge in [-0.2, -0.15) is 8.42 Å². The van der Waals surface area contributed by atoms with Gasteiger partial charge in [-0.1, -0.05) is 30.3 Å². The van der Waals surface area contributed by atoms with Crippen molar-refractivity contribution in [3.8, 4) is 0 Å². The molecule has 0 radical (unpaired) electrons. The summed E-state index contributed by atoms with van der Waals surface area (Å²) < 4.78 is 28.9. The summed E-state index contributed by atoms with van der Waals surface area (Å²) in [5.41, 5.74) is -1.22. The van der Waals surface area contributed by atoms with Crippen molar-refractivity contribution in [2.24, 2.45) is 0 Å². The smallest absolute Gasteiger partial charge is 0.265 e. The summed E-state index contributed by atoms with van der Waals surface area (Å²) in [4.78, 5) is 20.3. The molecule has 0 aliphatic heterocycles. The molecule has 9 nitrogen and oxygen atoms in total. The molecule has 2 aromatic rings. The highest BCUT2D eigenvalue weighted by molar-refractivity contribution is 7.85. The lowest BCUT2D eigenvalue weighted by Gasteiger charge is -2.07. The number of benzene rings is 2. The normalized spacial score (nSPS) is 11.2. The standard InChI is InChI=1S/C14H12N2O7S/c17-15(18)13-7-4-8-14(16(19)20)12(13)10-24(21,22)23-9-11-5-2-1-3-6-11/h1-8H,9-10H2. The molecule has 126 valence electrons. The van der Waals surface area contributed by atoms with Crippen LogP contribution >= 0.6 is 0 Å². The van der Waals surface area contributed by atoms with Crippen molar-refractivity contribution in [2.75, 3.05) is 0 Å². The second-order valence-corrected chi connectivity index (χ2v) is 6.38. The summed E-state index contributed by atoms with van der Waals surface area (Å²) in [6.45, 7) is -0.266. The molecule has 0 saturated heterocycles. The maximum absolute atomic E-state index is 12.1. The Bertz CT molecular complexity index is 834. The van der Waals surface area contributed by atoms with E-state index >= 15 is 0 Å². The van der Waals surface area contributed by atoms with E-state index in [1.165, 1.54) is 0 Å². The van der Waals surface area contributed by atoms with Crippen molar-refractivity contribution in [1.29, 1.82) is 0 Å². The van der Waals surface area contributed by atoms with E-state index in [1.807, 2.05) is 0 Å². The van der Waals surface area contributed by atoms with E-state index in [-0.39, 0.29) is 6.61 Å². The molecule has 0 aliphatic rings. The van der Waals surface area contributed by atoms with E-state index in [0.29, 0.717) is 5.56 Å². The van der Waals surface area contributed by atoms with Gasteiger partial charge < -0.3 is 0 Å². The fourth-order valence-corrected chi connectivity index (χ4v) is 3.05. The number of nitrogens with zero attached hydrogens (tertiary/aromatic N) is 2. The van der Waals surface area contributed by atoms with E-state index in [0.717, 1.165) is 18.2 Å². The Morgan fingerprint density at radius 3 is 1.92 bits per heavy atom. The Morgan fingerprint density at radius 1 is 0.875 bits per heavy atom. The van der Waals surface area contributed by atoms with Gasteiger partial charge in [0.2, 0.25) is 0 Å². The van der Waals surface area contributed by atoms with Crippen LogP contribution in [0.5, 0.6) is 0 Å². The maximum atomic E-state index is 12.1. The van der Waals surface area contributed by atoms with E-state index in [1.54, 1.807) is 30.3 Å². The van der Waals surface area contributed by atoms with E-state index in [9.17, 15) is 28.6 Å². The van der Waals surface area contributed by atoms with Gasteiger partial charge in [-0.15, -0.1) is 0 Å². The molecule has 0 amide bonds. The average molecular weight is 352 g/mol. The molecule has 10 heteroatoms. The van der Waals surface area contributed by atoms with Crippen molar-refractivity contribution in [3.63, 3.8) is 0 Å². The van der Waals surface area contributed by atoms with Crippen LogP contribution in [0, 0.1) is 20.2 Å². The van der Waals surface area contributed by atoms with E-state index in [4.69, 9.17) is 4.18 Å². The minimum absolute atomic E-state index is 0.266. The predicted molar refractivity (Wildman–Crippen MR) is 83.6 cm³/mol. The first kappa shape index (κ1) is 17.5. The molecule has 24 heavy (non-hydrogen) atoms. The summed E-state index contributed by atoms with van der Waals surface area (Å²) >= 11 is 0. The van der Waals surface area contributed by atoms with Crippen LogP contribution in [0.3, 0.4) is 0 Å². The average Bonchev–Trinajstić information content (AvgIpc) is 2.53. The molecule has 0 heterocycles. The molecule has 2 aromatic carbocycles. The van der Waals surface area contributed by atoms with Gasteiger partial charge in [0, 0.05) is 12.1 Å². The third-order valence-corrected chi connectivity index (χ3v) is 4.21. The number of nitro benzene ring substituents is 2. The van der Waals surface area contributed by atoms with Gasteiger partial charge in [0.25, 0.3) is 21.5 Å². The number of nitro groups is 2. The first-order valence-electron chi connectivity index (χ1n) is 6.62. The zero-order chi connectivity index (χ0) is 17.7. The Morgan fingerprint density at radius 2 is 1.42 bits per heavy atom. The first-order valence-corrected chi connectivity index (χ1v) is 8.19. The molecule has 0 saturated carbocycles. The van der Waals surface area contributed by atoms with Gasteiger partial charge in [-0.3, -0.25) is 24.4 Å². The molecule has 0 fully saturated rings. The Balaban J connectivity index is 2.28. The van der Waals surface area contributed by atoms with Crippen molar-refractivity contribution in [2.45, 2.75) is 12.4 Å². The minimum atomic E-state index is -4.25. The summed E-state index contributed by atoms with van der Waals surface area (Å²) in [5.74, 6) is -0.965. The maximum Gasteiger partial charge on any atom is 0.280 e. The molecule has 0 atom stereocenters. The molecular weight excluding hydrogens is 340 g/mol. The van der Waals surface area contributed by atoms with Gasteiger partial charge in [0.05, 0.1) is 16.5 Å². The van der Waals surface area contributed by atoms with Gasteiger partial charge in [0.1, 0.15) is 11.3 Å². The van der Waals surface area contributed by atoms with E-state index in [2.05, 4.69) is 0 Å². The molecule has 0 aliphatic carbocycles.